The molecule has 1 unspecified atom stereocenters. The Morgan fingerprint density at radius 1 is 1.67 bits per heavy atom. The zero-order valence-corrected chi connectivity index (χ0v) is 10.0. The van der Waals surface area contributed by atoms with E-state index in [0.717, 1.165) is 6.42 Å². The predicted molar refractivity (Wildman–Crippen MR) is 65.6 cm³/mol. The highest BCUT2D eigenvalue weighted by molar-refractivity contribution is 5.70. The molecule has 2 N–H and O–H groups in total. The van der Waals surface area contributed by atoms with Gasteiger partial charge in [0.25, 0.3) is 0 Å². The van der Waals surface area contributed by atoms with Gasteiger partial charge in [0.2, 0.25) is 11.6 Å². The summed E-state index contributed by atoms with van der Waals surface area (Å²) in [6.45, 7) is 1.33. The van der Waals surface area contributed by atoms with Gasteiger partial charge in [0.1, 0.15) is 6.33 Å². The molecule has 8 heteroatoms. The Bertz CT molecular complexity index is 453. The van der Waals surface area contributed by atoms with Crippen LogP contribution in [0.25, 0.3) is 0 Å². The van der Waals surface area contributed by atoms with E-state index in [1.165, 1.54) is 6.33 Å². The first-order valence-corrected chi connectivity index (χ1v) is 5.70. The number of aliphatic hydroxyl groups excluding tert-OH is 1. The maximum Gasteiger partial charge on any atom is 0.353 e. The second-order valence-electron chi connectivity index (χ2n) is 4.18. The molecule has 1 aliphatic rings. The second kappa shape index (κ2) is 5.13. The third-order valence-corrected chi connectivity index (χ3v) is 3.07. The lowest BCUT2D eigenvalue weighted by Gasteiger charge is -2.17. The molecule has 2 rings (SSSR count). The molecule has 0 aromatic carbocycles. The van der Waals surface area contributed by atoms with Gasteiger partial charge in [-0.05, 0) is 6.42 Å². The lowest BCUT2D eigenvalue weighted by molar-refractivity contribution is -0.383. The van der Waals surface area contributed by atoms with Crippen LogP contribution >= 0.6 is 0 Å². The number of aromatic nitrogens is 2. The van der Waals surface area contributed by atoms with Crippen LogP contribution in [-0.4, -0.2) is 46.7 Å². The molecular weight excluding hydrogens is 238 g/mol. The standard InChI is InChI=1S/C10H15N5O3/c1-11-9-8(15(17)18)10(13-6-12-9)14-3-2-7(4-14)5-16/h6-7,16H,2-5H2,1H3,(H,11,12,13). The number of hydrogen-bond acceptors (Lipinski definition) is 7. The van der Waals surface area contributed by atoms with Gasteiger partial charge in [-0.2, -0.15) is 0 Å². The third-order valence-electron chi connectivity index (χ3n) is 3.07. The molecular formula is C10H15N5O3. The lowest BCUT2D eigenvalue weighted by Crippen LogP contribution is -2.23. The van der Waals surface area contributed by atoms with Crippen molar-refractivity contribution in [2.24, 2.45) is 5.92 Å². The van der Waals surface area contributed by atoms with E-state index in [0.29, 0.717) is 18.9 Å². The Morgan fingerprint density at radius 3 is 3.00 bits per heavy atom. The van der Waals surface area contributed by atoms with E-state index in [1.807, 2.05) is 4.90 Å². The Balaban J connectivity index is 2.36. The molecule has 0 bridgehead atoms. The molecule has 0 aliphatic carbocycles. The highest BCUT2D eigenvalue weighted by Crippen LogP contribution is 2.34. The lowest BCUT2D eigenvalue weighted by atomic mass is 10.1. The van der Waals surface area contributed by atoms with E-state index >= 15 is 0 Å². The molecule has 1 fully saturated rings. The molecule has 1 aromatic rings. The van der Waals surface area contributed by atoms with Crippen LogP contribution in [0.4, 0.5) is 17.3 Å². The Hall–Kier alpha value is -1.96. The van der Waals surface area contributed by atoms with Crippen LogP contribution < -0.4 is 10.2 Å². The molecule has 0 radical (unpaired) electrons. The van der Waals surface area contributed by atoms with Crippen molar-refractivity contribution in [1.82, 2.24) is 9.97 Å². The number of rotatable bonds is 4. The Labute approximate surface area is 104 Å². The molecule has 0 spiro atoms. The summed E-state index contributed by atoms with van der Waals surface area (Å²) in [6, 6.07) is 0. The van der Waals surface area contributed by atoms with Gasteiger partial charge < -0.3 is 15.3 Å². The largest absolute Gasteiger partial charge is 0.396 e. The van der Waals surface area contributed by atoms with Crippen LogP contribution in [0.1, 0.15) is 6.42 Å². The fourth-order valence-electron chi connectivity index (χ4n) is 2.13. The Morgan fingerprint density at radius 2 is 2.44 bits per heavy atom. The van der Waals surface area contributed by atoms with Gasteiger partial charge in [-0.15, -0.1) is 0 Å². The van der Waals surface area contributed by atoms with E-state index < -0.39 is 4.92 Å². The minimum absolute atomic E-state index is 0.0915. The fourth-order valence-corrected chi connectivity index (χ4v) is 2.13. The van der Waals surface area contributed by atoms with E-state index in [2.05, 4.69) is 15.3 Å². The van der Waals surface area contributed by atoms with Crippen LogP contribution in [0, 0.1) is 16.0 Å². The molecule has 98 valence electrons. The smallest absolute Gasteiger partial charge is 0.353 e. The van der Waals surface area contributed by atoms with E-state index in [4.69, 9.17) is 5.11 Å². The number of aliphatic hydroxyl groups is 1. The quantitative estimate of drug-likeness (QED) is 0.585. The van der Waals surface area contributed by atoms with Crippen LogP contribution in [0.2, 0.25) is 0 Å². The van der Waals surface area contributed by atoms with Gasteiger partial charge in [-0.3, -0.25) is 10.1 Å². The zero-order chi connectivity index (χ0) is 13.1. The van der Waals surface area contributed by atoms with Gasteiger partial charge in [0.05, 0.1) is 4.92 Å². The first kappa shape index (κ1) is 12.5. The molecule has 8 nitrogen and oxygen atoms in total. The molecule has 1 aromatic heterocycles. The van der Waals surface area contributed by atoms with Crippen molar-refractivity contribution in [1.29, 1.82) is 0 Å². The zero-order valence-electron chi connectivity index (χ0n) is 10.0. The van der Waals surface area contributed by atoms with Gasteiger partial charge in [-0.1, -0.05) is 0 Å². The monoisotopic (exact) mass is 253 g/mol. The van der Waals surface area contributed by atoms with Crippen molar-refractivity contribution in [3.63, 3.8) is 0 Å². The molecule has 2 heterocycles. The van der Waals surface area contributed by atoms with Crippen molar-refractivity contribution < 1.29 is 10.0 Å². The SMILES string of the molecule is CNc1ncnc(N2CCC(CO)C2)c1[N+](=O)[O-]. The van der Waals surface area contributed by atoms with E-state index in [9.17, 15) is 10.1 Å². The van der Waals surface area contributed by atoms with Crippen LogP contribution in [-0.2, 0) is 0 Å². The maximum absolute atomic E-state index is 11.1. The van der Waals surface area contributed by atoms with E-state index in [-0.39, 0.29) is 24.0 Å². The summed E-state index contributed by atoms with van der Waals surface area (Å²) in [5.74, 6) is 0.672. The number of hydrogen-bond donors (Lipinski definition) is 2. The van der Waals surface area contributed by atoms with Gasteiger partial charge in [-0.25, -0.2) is 9.97 Å². The highest BCUT2D eigenvalue weighted by atomic mass is 16.6. The topological polar surface area (TPSA) is 104 Å². The van der Waals surface area contributed by atoms with Crippen LogP contribution in [0.15, 0.2) is 6.33 Å². The predicted octanol–water partition coefficient (Wildman–Crippen LogP) is 0.245. The first-order chi connectivity index (χ1) is 8.67. The summed E-state index contributed by atoms with van der Waals surface area (Å²) in [5.41, 5.74) is -0.112. The van der Waals surface area contributed by atoms with Gasteiger partial charge >= 0.3 is 5.69 Å². The van der Waals surface area contributed by atoms with Crippen molar-refractivity contribution in [2.75, 3.05) is 37.0 Å². The summed E-state index contributed by atoms with van der Waals surface area (Å²) in [5, 5.41) is 22.9. The summed E-state index contributed by atoms with van der Waals surface area (Å²) in [4.78, 5) is 20.3. The summed E-state index contributed by atoms with van der Waals surface area (Å²) >= 11 is 0. The summed E-state index contributed by atoms with van der Waals surface area (Å²) < 4.78 is 0. The summed E-state index contributed by atoms with van der Waals surface area (Å²) in [6.07, 6.45) is 2.12. The Kier molecular flexibility index (Phi) is 3.56. The number of nitro groups is 1. The van der Waals surface area contributed by atoms with Gasteiger partial charge in [0, 0.05) is 32.7 Å². The molecule has 18 heavy (non-hydrogen) atoms. The van der Waals surface area contributed by atoms with Crippen LogP contribution in [0.3, 0.4) is 0 Å². The third kappa shape index (κ3) is 2.19. The van der Waals surface area contributed by atoms with Crippen molar-refractivity contribution >= 4 is 17.3 Å². The highest BCUT2D eigenvalue weighted by Gasteiger charge is 2.31. The fraction of sp³-hybridized carbons (Fsp3) is 0.600. The number of nitrogens with zero attached hydrogens (tertiary/aromatic N) is 4. The molecule has 0 amide bonds. The molecule has 1 aliphatic heterocycles. The average molecular weight is 253 g/mol. The van der Waals surface area contributed by atoms with E-state index in [1.54, 1.807) is 7.05 Å². The molecule has 0 saturated carbocycles. The van der Waals surface area contributed by atoms with Gasteiger partial charge in [0.15, 0.2) is 0 Å². The molecule has 1 saturated heterocycles. The second-order valence-corrected chi connectivity index (χ2v) is 4.18. The van der Waals surface area contributed by atoms with Crippen LogP contribution in [0.5, 0.6) is 0 Å². The minimum atomic E-state index is -0.479. The minimum Gasteiger partial charge on any atom is -0.396 e. The maximum atomic E-state index is 11.1. The average Bonchev–Trinajstić information content (AvgIpc) is 2.86. The first-order valence-electron chi connectivity index (χ1n) is 5.70. The number of anilines is 2. The van der Waals surface area contributed by atoms with Crippen molar-refractivity contribution in [3.05, 3.63) is 16.4 Å². The normalized spacial score (nSPS) is 19.0. The summed E-state index contributed by atoms with van der Waals surface area (Å²) in [7, 11) is 1.58. The van der Waals surface area contributed by atoms with Crippen molar-refractivity contribution in [2.45, 2.75) is 6.42 Å². The van der Waals surface area contributed by atoms with Crippen molar-refractivity contribution in [3.8, 4) is 0 Å². The molecule has 1 atom stereocenters. The number of nitrogens with one attached hydrogen (secondary N) is 1.